The van der Waals surface area contributed by atoms with Gasteiger partial charge in [0.05, 0.1) is 29.2 Å². The van der Waals surface area contributed by atoms with Crippen LogP contribution in [-0.2, 0) is 11.0 Å². The molecule has 1 aromatic heterocycles. The van der Waals surface area contributed by atoms with Gasteiger partial charge in [-0.2, -0.15) is 18.4 Å². The maximum atomic E-state index is 13.9. The van der Waals surface area contributed by atoms with Crippen LogP contribution >= 0.6 is 23.4 Å². The number of alkyl halides is 3. The van der Waals surface area contributed by atoms with Crippen molar-refractivity contribution in [3.63, 3.8) is 0 Å². The highest BCUT2D eigenvalue weighted by molar-refractivity contribution is 8.00. The maximum Gasteiger partial charge on any atom is 0.417 e. The summed E-state index contributed by atoms with van der Waals surface area (Å²) in [6, 6.07) is 14.0. The molecule has 1 heterocycles. The number of aryl methyl sites for hydroxylation is 1. The lowest BCUT2D eigenvalue weighted by molar-refractivity contribution is -0.138. The summed E-state index contributed by atoms with van der Waals surface area (Å²) in [5.41, 5.74) is -0.0526. The van der Waals surface area contributed by atoms with E-state index in [9.17, 15) is 23.2 Å². The lowest BCUT2D eigenvalue weighted by Gasteiger charge is -2.15. The minimum absolute atomic E-state index is 0.0425. The van der Waals surface area contributed by atoms with Gasteiger partial charge < -0.3 is 10.1 Å². The number of hydrogen-bond acceptors (Lipinski definition) is 5. The molecule has 0 aliphatic rings. The number of anilines is 1. The highest BCUT2D eigenvalue weighted by Gasteiger charge is 2.36. The molecular formula is C27H25ClF3N3O2S. The molecule has 0 aliphatic carbocycles. The molecule has 0 bridgehead atoms. The molecule has 0 saturated heterocycles. The predicted molar refractivity (Wildman–Crippen MR) is 140 cm³/mol. The largest absolute Gasteiger partial charge is 0.493 e. The average Bonchev–Trinajstić information content (AvgIpc) is 2.82. The van der Waals surface area contributed by atoms with E-state index in [4.69, 9.17) is 16.3 Å². The molecule has 0 spiro atoms. The third-order valence-electron chi connectivity index (χ3n) is 5.28. The minimum atomic E-state index is -4.78. The van der Waals surface area contributed by atoms with Crippen LogP contribution in [0.2, 0.25) is 5.02 Å². The van der Waals surface area contributed by atoms with E-state index in [-0.39, 0.29) is 16.5 Å². The van der Waals surface area contributed by atoms with Crippen LogP contribution in [-0.4, -0.2) is 23.3 Å². The summed E-state index contributed by atoms with van der Waals surface area (Å²) in [6.45, 7) is 6.51. The molecule has 0 atom stereocenters. The van der Waals surface area contributed by atoms with Gasteiger partial charge >= 0.3 is 6.18 Å². The van der Waals surface area contributed by atoms with Gasteiger partial charge in [0.15, 0.2) is 0 Å². The molecule has 0 fully saturated rings. The van der Waals surface area contributed by atoms with Crippen LogP contribution in [0.5, 0.6) is 5.75 Å². The Kier molecular flexibility index (Phi) is 9.46. The van der Waals surface area contributed by atoms with Crippen molar-refractivity contribution < 1.29 is 22.7 Å². The second kappa shape index (κ2) is 12.3. The number of nitriles is 1. The van der Waals surface area contributed by atoms with Crippen LogP contribution < -0.4 is 10.1 Å². The van der Waals surface area contributed by atoms with Crippen molar-refractivity contribution in [1.29, 1.82) is 5.26 Å². The Morgan fingerprint density at radius 2 is 1.97 bits per heavy atom. The normalized spacial score (nSPS) is 11.3. The van der Waals surface area contributed by atoms with Crippen LogP contribution in [0.25, 0.3) is 11.3 Å². The topological polar surface area (TPSA) is 75.0 Å². The highest BCUT2D eigenvalue weighted by atomic mass is 35.5. The second-order valence-electron chi connectivity index (χ2n) is 8.70. The molecule has 0 radical (unpaired) electrons. The van der Waals surface area contributed by atoms with Gasteiger partial charge in [0.25, 0.3) is 0 Å². The van der Waals surface area contributed by atoms with E-state index >= 15 is 0 Å². The summed E-state index contributed by atoms with van der Waals surface area (Å²) >= 11 is 6.68. The number of nitrogens with zero attached hydrogens (tertiary/aromatic N) is 2. The molecule has 37 heavy (non-hydrogen) atoms. The van der Waals surface area contributed by atoms with E-state index in [1.165, 1.54) is 0 Å². The molecular weight excluding hydrogens is 523 g/mol. The highest BCUT2D eigenvalue weighted by Crippen LogP contribution is 2.38. The summed E-state index contributed by atoms with van der Waals surface area (Å²) in [6.07, 6.45) is -3.91. The Hall–Kier alpha value is -3.22. The average molecular weight is 548 g/mol. The molecule has 1 N–H and O–H groups in total. The summed E-state index contributed by atoms with van der Waals surface area (Å²) in [4.78, 5) is 16.8. The number of thioether (sulfide) groups is 1. The quantitative estimate of drug-likeness (QED) is 0.277. The molecule has 0 aliphatic heterocycles. The van der Waals surface area contributed by atoms with E-state index in [2.05, 4.69) is 24.1 Å². The zero-order valence-corrected chi connectivity index (χ0v) is 22.0. The van der Waals surface area contributed by atoms with Crippen molar-refractivity contribution in [3.8, 4) is 23.1 Å². The van der Waals surface area contributed by atoms with Crippen molar-refractivity contribution in [2.24, 2.45) is 5.92 Å². The van der Waals surface area contributed by atoms with E-state index in [0.717, 1.165) is 29.8 Å². The fourth-order valence-corrected chi connectivity index (χ4v) is 4.37. The number of carbonyl (C=O) groups is 1. The number of rotatable bonds is 9. The van der Waals surface area contributed by atoms with Gasteiger partial charge in [-0.15, -0.1) is 0 Å². The van der Waals surface area contributed by atoms with Crippen LogP contribution in [0.3, 0.4) is 0 Å². The van der Waals surface area contributed by atoms with E-state index in [1.54, 1.807) is 55.5 Å². The van der Waals surface area contributed by atoms with Crippen molar-refractivity contribution >= 4 is 35.0 Å². The molecule has 0 unspecified atom stereocenters. The number of pyridine rings is 1. The van der Waals surface area contributed by atoms with E-state index < -0.39 is 23.2 Å². The van der Waals surface area contributed by atoms with Gasteiger partial charge in [0, 0.05) is 16.3 Å². The molecule has 3 rings (SSSR count). The number of halogens is 4. The summed E-state index contributed by atoms with van der Waals surface area (Å²) < 4.78 is 47.4. The maximum absolute atomic E-state index is 13.9. The number of aromatic nitrogens is 1. The molecule has 3 aromatic rings. The zero-order valence-electron chi connectivity index (χ0n) is 20.4. The molecule has 10 heteroatoms. The lowest BCUT2D eigenvalue weighted by atomic mass is 10.0. The van der Waals surface area contributed by atoms with E-state index in [0.29, 0.717) is 34.5 Å². The fourth-order valence-electron chi connectivity index (χ4n) is 3.38. The minimum Gasteiger partial charge on any atom is -0.493 e. The molecule has 0 saturated carbocycles. The van der Waals surface area contributed by atoms with Crippen LogP contribution in [0.15, 0.2) is 53.6 Å². The first-order chi connectivity index (χ1) is 17.5. The van der Waals surface area contributed by atoms with Crippen LogP contribution in [0.4, 0.5) is 18.9 Å². The molecule has 2 aromatic carbocycles. The number of nitrogens with one attached hydrogen (secondary N) is 1. The van der Waals surface area contributed by atoms with Gasteiger partial charge in [-0.3, -0.25) is 4.79 Å². The Morgan fingerprint density at radius 3 is 2.59 bits per heavy atom. The monoisotopic (exact) mass is 547 g/mol. The van der Waals surface area contributed by atoms with Crippen LogP contribution in [0, 0.1) is 24.2 Å². The van der Waals surface area contributed by atoms with Crippen molar-refractivity contribution in [3.05, 3.63) is 70.2 Å². The number of hydrogen-bond donors (Lipinski definition) is 1. The molecule has 5 nitrogen and oxygen atoms in total. The van der Waals surface area contributed by atoms with Crippen molar-refractivity contribution in [1.82, 2.24) is 4.98 Å². The fraction of sp³-hybridized carbons (Fsp3) is 0.296. The van der Waals surface area contributed by atoms with Crippen molar-refractivity contribution in [2.75, 3.05) is 17.7 Å². The zero-order chi connectivity index (χ0) is 27.2. The van der Waals surface area contributed by atoms with E-state index in [1.807, 2.05) is 0 Å². The first-order valence-electron chi connectivity index (χ1n) is 11.4. The van der Waals surface area contributed by atoms with Gasteiger partial charge in [0.2, 0.25) is 5.91 Å². The number of amides is 1. The summed E-state index contributed by atoms with van der Waals surface area (Å²) in [7, 11) is 0. The Bertz CT molecular complexity index is 1320. The third kappa shape index (κ3) is 7.88. The van der Waals surface area contributed by atoms with Crippen LogP contribution in [0.1, 0.15) is 37.0 Å². The smallest absolute Gasteiger partial charge is 0.417 e. The summed E-state index contributed by atoms with van der Waals surface area (Å²) in [5.74, 6) is 0.389. The van der Waals surface area contributed by atoms with Gasteiger partial charge in [-0.25, -0.2) is 4.98 Å². The predicted octanol–water partition coefficient (Wildman–Crippen LogP) is 7.76. The Morgan fingerprint density at radius 1 is 1.22 bits per heavy atom. The SMILES string of the molecule is Cc1cc(-c2cc(C(F)(F)F)c(C#N)c(SCC(=O)Nc3cccc(Cl)c3)n2)ccc1OCCC(C)C. The molecule has 1 amide bonds. The van der Waals surface area contributed by atoms with Gasteiger partial charge in [-0.05, 0) is 67.3 Å². The first-order valence-corrected chi connectivity index (χ1v) is 12.8. The Balaban J connectivity index is 1.89. The third-order valence-corrected chi connectivity index (χ3v) is 6.49. The standard InChI is InChI=1S/C27H25ClF3N3O2S/c1-16(2)9-10-36-24-8-7-18(11-17(24)3)23-13-22(27(29,30)31)21(14-32)26(34-23)37-15-25(35)33-20-6-4-5-19(28)12-20/h4-8,11-13,16H,9-10,15H2,1-3H3,(H,33,35). The Labute approximate surface area is 223 Å². The number of benzene rings is 2. The molecule has 194 valence electrons. The van der Waals surface area contributed by atoms with Gasteiger partial charge in [0.1, 0.15) is 16.8 Å². The number of carbonyl (C=O) groups excluding carboxylic acids is 1. The van der Waals surface area contributed by atoms with Gasteiger partial charge in [-0.1, -0.05) is 43.3 Å². The first kappa shape index (κ1) is 28.4. The summed E-state index contributed by atoms with van der Waals surface area (Å²) in [5, 5.41) is 12.4. The number of ether oxygens (including phenoxy) is 1. The van der Waals surface area contributed by atoms with Crippen molar-refractivity contribution in [2.45, 2.75) is 38.4 Å². The lowest BCUT2D eigenvalue weighted by Crippen LogP contribution is -2.15. The second-order valence-corrected chi connectivity index (χ2v) is 10.1.